The van der Waals surface area contributed by atoms with Crippen LogP contribution in [0.2, 0.25) is 0 Å². The monoisotopic (exact) mass is 306 g/mol. The molecule has 2 nitrogen and oxygen atoms in total. The molecule has 1 aliphatic heterocycles. The van der Waals surface area contributed by atoms with Crippen LogP contribution in [0.25, 0.3) is 0 Å². The molecule has 1 atom stereocenters. The second-order valence-corrected chi connectivity index (χ2v) is 8.13. The lowest BCUT2D eigenvalue weighted by Crippen LogP contribution is -2.64. The molecule has 3 heteroatoms. The molecule has 1 spiro atoms. The van der Waals surface area contributed by atoms with Crippen molar-refractivity contribution >= 4 is 11.3 Å². The third-order valence-corrected chi connectivity index (χ3v) is 6.74. The summed E-state index contributed by atoms with van der Waals surface area (Å²) >= 11 is 2.02. The average Bonchev–Trinajstić information content (AvgIpc) is 2.98. The molecule has 0 aromatic carbocycles. The van der Waals surface area contributed by atoms with Gasteiger partial charge in [-0.15, -0.1) is 11.3 Å². The minimum Gasteiger partial charge on any atom is -0.311 e. The van der Waals surface area contributed by atoms with Crippen molar-refractivity contribution in [3.63, 3.8) is 0 Å². The Bertz CT molecular complexity index is 448. The lowest BCUT2D eigenvalue weighted by Gasteiger charge is -2.52. The molecule has 1 unspecified atom stereocenters. The molecule has 118 valence electrons. The predicted octanol–water partition coefficient (Wildman–Crippen LogP) is 4.20. The summed E-state index contributed by atoms with van der Waals surface area (Å²) in [5.74, 6) is 0. The van der Waals surface area contributed by atoms with E-state index in [2.05, 4.69) is 36.2 Å². The van der Waals surface area contributed by atoms with Gasteiger partial charge in [0, 0.05) is 41.0 Å². The molecule has 2 fully saturated rings. The third-order valence-electron chi connectivity index (χ3n) is 5.52. The van der Waals surface area contributed by atoms with Gasteiger partial charge in [-0.2, -0.15) is 0 Å². The second kappa shape index (κ2) is 6.80. The van der Waals surface area contributed by atoms with Crippen LogP contribution < -0.4 is 5.32 Å². The minimum absolute atomic E-state index is 0.445. The minimum atomic E-state index is 0.445. The van der Waals surface area contributed by atoms with Crippen molar-refractivity contribution in [1.82, 2.24) is 10.2 Å². The van der Waals surface area contributed by atoms with Gasteiger partial charge in [-0.3, -0.25) is 4.90 Å². The van der Waals surface area contributed by atoms with Gasteiger partial charge in [0.15, 0.2) is 0 Å². The van der Waals surface area contributed by atoms with Gasteiger partial charge < -0.3 is 5.32 Å². The van der Waals surface area contributed by atoms with E-state index in [0.717, 1.165) is 0 Å². The number of aryl methyl sites for hydroxylation is 1. The quantitative estimate of drug-likeness (QED) is 0.897. The van der Waals surface area contributed by atoms with Crippen LogP contribution in [0, 0.1) is 0 Å². The lowest BCUT2D eigenvalue weighted by atomic mass is 9.78. The zero-order valence-electron chi connectivity index (χ0n) is 13.7. The van der Waals surface area contributed by atoms with Crippen LogP contribution >= 0.6 is 11.3 Å². The fraction of sp³-hybridized carbons (Fsp3) is 0.778. The Hall–Kier alpha value is -0.380. The zero-order chi connectivity index (χ0) is 14.7. The molecule has 1 aliphatic carbocycles. The number of nitrogens with one attached hydrogen (secondary N) is 1. The lowest BCUT2D eigenvalue weighted by molar-refractivity contribution is 0.00346. The predicted molar refractivity (Wildman–Crippen MR) is 92.0 cm³/mol. The molecule has 1 aromatic rings. The van der Waals surface area contributed by atoms with Crippen molar-refractivity contribution in [2.75, 3.05) is 13.1 Å². The van der Waals surface area contributed by atoms with Crippen LogP contribution in [0.15, 0.2) is 12.1 Å². The van der Waals surface area contributed by atoms with E-state index in [1.807, 2.05) is 11.3 Å². The maximum absolute atomic E-state index is 3.82. The molecule has 1 aromatic heterocycles. The summed E-state index contributed by atoms with van der Waals surface area (Å²) < 4.78 is 0. The molecular weight excluding hydrogens is 276 g/mol. The van der Waals surface area contributed by atoms with Crippen molar-refractivity contribution in [3.8, 4) is 0 Å². The topological polar surface area (TPSA) is 15.3 Å². The van der Waals surface area contributed by atoms with Crippen LogP contribution in [0.5, 0.6) is 0 Å². The van der Waals surface area contributed by atoms with E-state index < -0.39 is 0 Å². The van der Waals surface area contributed by atoms with Crippen LogP contribution in [0.3, 0.4) is 0 Å². The first kappa shape index (κ1) is 15.5. The molecule has 2 heterocycles. The Morgan fingerprint density at radius 3 is 2.62 bits per heavy atom. The van der Waals surface area contributed by atoms with Crippen LogP contribution in [-0.4, -0.2) is 29.6 Å². The van der Waals surface area contributed by atoms with Crippen LogP contribution in [-0.2, 0) is 13.0 Å². The molecular formula is C18H30N2S. The molecule has 1 N–H and O–H groups in total. The Balaban J connectivity index is 1.75. The number of piperazine rings is 1. The SMILES string of the molecule is CCc1ccc(CN2CC(CC)NCC23CCCCC3)s1. The Morgan fingerprint density at radius 2 is 1.95 bits per heavy atom. The highest BCUT2D eigenvalue weighted by Crippen LogP contribution is 2.37. The van der Waals surface area contributed by atoms with E-state index in [1.165, 1.54) is 69.5 Å². The smallest absolute Gasteiger partial charge is 0.0338 e. The average molecular weight is 307 g/mol. The van der Waals surface area contributed by atoms with Crippen molar-refractivity contribution in [2.45, 2.75) is 76.9 Å². The molecule has 0 bridgehead atoms. The van der Waals surface area contributed by atoms with E-state index >= 15 is 0 Å². The maximum Gasteiger partial charge on any atom is 0.0338 e. The molecule has 1 saturated carbocycles. The van der Waals surface area contributed by atoms with Gasteiger partial charge in [-0.1, -0.05) is 33.1 Å². The van der Waals surface area contributed by atoms with Gasteiger partial charge in [0.1, 0.15) is 0 Å². The number of nitrogens with zero attached hydrogens (tertiary/aromatic N) is 1. The van der Waals surface area contributed by atoms with E-state index in [0.29, 0.717) is 11.6 Å². The number of rotatable bonds is 4. The van der Waals surface area contributed by atoms with Crippen LogP contribution in [0.4, 0.5) is 0 Å². The van der Waals surface area contributed by atoms with E-state index in [4.69, 9.17) is 0 Å². The summed E-state index contributed by atoms with van der Waals surface area (Å²) in [7, 11) is 0. The van der Waals surface area contributed by atoms with Crippen molar-refractivity contribution in [1.29, 1.82) is 0 Å². The van der Waals surface area contributed by atoms with Gasteiger partial charge in [-0.05, 0) is 37.8 Å². The van der Waals surface area contributed by atoms with Gasteiger partial charge in [0.2, 0.25) is 0 Å². The third kappa shape index (κ3) is 3.35. The first-order chi connectivity index (χ1) is 10.3. The number of hydrogen-bond donors (Lipinski definition) is 1. The molecule has 3 rings (SSSR count). The molecule has 0 radical (unpaired) electrons. The molecule has 1 saturated heterocycles. The highest BCUT2D eigenvalue weighted by Gasteiger charge is 2.41. The standard InChI is InChI=1S/C18H30N2S/c1-3-15-12-20(13-17-9-8-16(4-2)21-17)18(14-19-15)10-6-5-7-11-18/h8-9,15,19H,3-7,10-14H2,1-2H3. The summed E-state index contributed by atoms with van der Waals surface area (Å²) in [6.07, 6.45) is 9.47. The van der Waals surface area contributed by atoms with Crippen molar-refractivity contribution < 1.29 is 0 Å². The number of hydrogen-bond acceptors (Lipinski definition) is 3. The van der Waals surface area contributed by atoms with E-state index in [-0.39, 0.29) is 0 Å². The fourth-order valence-corrected chi connectivity index (χ4v) is 5.04. The summed E-state index contributed by atoms with van der Waals surface area (Å²) in [5, 5.41) is 3.82. The maximum atomic E-state index is 3.82. The Morgan fingerprint density at radius 1 is 1.19 bits per heavy atom. The highest BCUT2D eigenvalue weighted by atomic mass is 32.1. The summed E-state index contributed by atoms with van der Waals surface area (Å²) in [6, 6.07) is 5.37. The van der Waals surface area contributed by atoms with Crippen molar-refractivity contribution in [2.24, 2.45) is 0 Å². The molecule has 21 heavy (non-hydrogen) atoms. The van der Waals surface area contributed by atoms with Crippen LogP contribution in [0.1, 0.15) is 62.1 Å². The summed E-state index contributed by atoms with van der Waals surface area (Å²) in [5.41, 5.74) is 0.445. The first-order valence-corrected chi connectivity index (χ1v) is 9.63. The Kier molecular flexibility index (Phi) is 5.03. The van der Waals surface area contributed by atoms with Gasteiger partial charge >= 0.3 is 0 Å². The highest BCUT2D eigenvalue weighted by molar-refractivity contribution is 7.11. The largest absolute Gasteiger partial charge is 0.311 e. The molecule has 0 amide bonds. The first-order valence-electron chi connectivity index (χ1n) is 8.82. The fourth-order valence-electron chi connectivity index (χ4n) is 4.06. The van der Waals surface area contributed by atoms with Crippen molar-refractivity contribution in [3.05, 3.63) is 21.9 Å². The summed E-state index contributed by atoms with van der Waals surface area (Å²) in [6.45, 7) is 8.18. The Labute approximate surface area is 133 Å². The zero-order valence-corrected chi connectivity index (χ0v) is 14.5. The normalized spacial score (nSPS) is 26.3. The van der Waals surface area contributed by atoms with Gasteiger partial charge in [-0.25, -0.2) is 0 Å². The van der Waals surface area contributed by atoms with Gasteiger partial charge in [0.05, 0.1) is 0 Å². The molecule has 2 aliphatic rings. The second-order valence-electron chi connectivity index (χ2n) is 6.87. The van der Waals surface area contributed by atoms with E-state index in [9.17, 15) is 0 Å². The summed E-state index contributed by atoms with van der Waals surface area (Å²) in [4.78, 5) is 5.93. The van der Waals surface area contributed by atoms with E-state index in [1.54, 1.807) is 4.88 Å². The number of thiophene rings is 1. The van der Waals surface area contributed by atoms with Gasteiger partial charge in [0.25, 0.3) is 0 Å².